The number of carbonyl (C=O) groups is 2. The van der Waals surface area contributed by atoms with Crippen LogP contribution in [-0.2, 0) is 11.3 Å². The van der Waals surface area contributed by atoms with Gasteiger partial charge in [-0.2, -0.15) is 0 Å². The van der Waals surface area contributed by atoms with Crippen molar-refractivity contribution in [2.45, 2.75) is 25.8 Å². The molecule has 7 heteroatoms. The van der Waals surface area contributed by atoms with Gasteiger partial charge < -0.3 is 14.2 Å². The lowest BCUT2D eigenvalue weighted by Gasteiger charge is -2.39. The largest absolute Gasteiger partial charge is 0.459 e. The van der Waals surface area contributed by atoms with E-state index in [0.717, 1.165) is 12.5 Å². The molecule has 142 valence electrons. The van der Waals surface area contributed by atoms with Crippen LogP contribution < -0.4 is 0 Å². The van der Waals surface area contributed by atoms with Gasteiger partial charge in [0.1, 0.15) is 0 Å². The number of hydrogen-bond donors (Lipinski definition) is 0. The van der Waals surface area contributed by atoms with Crippen LogP contribution in [0.2, 0.25) is 0 Å². The van der Waals surface area contributed by atoms with Crippen LogP contribution in [0.15, 0.2) is 41.0 Å². The van der Waals surface area contributed by atoms with Crippen LogP contribution in [0.5, 0.6) is 0 Å². The third-order valence-electron chi connectivity index (χ3n) is 5.59. The Balaban J connectivity index is 1.50. The summed E-state index contributed by atoms with van der Waals surface area (Å²) in [5.74, 6) is -1.88. The summed E-state index contributed by atoms with van der Waals surface area (Å²) < 4.78 is 32.6. The van der Waals surface area contributed by atoms with Crippen molar-refractivity contribution in [3.63, 3.8) is 0 Å². The second-order valence-electron chi connectivity index (χ2n) is 7.28. The highest BCUT2D eigenvalue weighted by molar-refractivity contribution is 5.93. The van der Waals surface area contributed by atoms with Crippen LogP contribution in [0, 0.1) is 17.0 Å². The highest BCUT2D eigenvalue weighted by atomic mass is 19.2. The molecule has 2 aliphatic heterocycles. The summed E-state index contributed by atoms with van der Waals surface area (Å²) in [7, 11) is 0. The molecule has 2 aromatic rings. The molecule has 1 atom stereocenters. The average molecular weight is 374 g/mol. The van der Waals surface area contributed by atoms with Crippen LogP contribution in [-0.4, -0.2) is 41.2 Å². The zero-order chi connectivity index (χ0) is 19.0. The van der Waals surface area contributed by atoms with E-state index in [2.05, 4.69) is 0 Å². The fraction of sp³-hybridized carbons (Fsp3) is 0.400. The topological polar surface area (TPSA) is 53.8 Å². The molecule has 2 saturated heterocycles. The second-order valence-corrected chi connectivity index (χ2v) is 7.28. The first-order valence-corrected chi connectivity index (χ1v) is 9.05. The number of hydrogen-bond acceptors (Lipinski definition) is 3. The van der Waals surface area contributed by atoms with E-state index in [0.29, 0.717) is 32.5 Å². The van der Waals surface area contributed by atoms with Crippen LogP contribution in [0.1, 0.15) is 35.4 Å². The van der Waals surface area contributed by atoms with E-state index in [-0.39, 0.29) is 29.7 Å². The maximum Gasteiger partial charge on any atom is 0.289 e. The normalized spacial score (nSPS) is 22.7. The van der Waals surface area contributed by atoms with Crippen molar-refractivity contribution < 1.29 is 22.8 Å². The Hall–Kier alpha value is -2.70. The van der Waals surface area contributed by atoms with Gasteiger partial charge in [0, 0.05) is 31.7 Å². The van der Waals surface area contributed by atoms with Gasteiger partial charge in [0.15, 0.2) is 17.4 Å². The monoisotopic (exact) mass is 374 g/mol. The van der Waals surface area contributed by atoms with Crippen LogP contribution in [0.4, 0.5) is 8.78 Å². The Bertz CT molecular complexity index is 868. The van der Waals surface area contributed by atoms with Crippen LogP contribution in [0.25, 0.3) is 0 Å². The number of rotatable bonds is 3. The predicted molar refractivity (Wildman–Crippen MR) is 92.7 cm³/mol. The molecule has 2 amide bonds. The highest BCUT2D eigenvalue weighted by Crippen LogP contribution is 2.41. The standard InChI is InChI=1S/C20H20F2N2O3/c21-15-5-1-4-14(17(15)22)12-23-9-3-7-20(19(23)26)8-10-24(13-20)18(25)16-6-2-11-27-16/h1-2,4-6,11H,3,7-10,12-13H2/t20-/m1/s1. The molecule has 1 aromatic carbocycles. The van der Waals surface area contributed by atoms with Gasteiger partial charge >= 0.3 is 0 Å². The molecule has 2 fully saturated rings. The fourth-order valence-corrected chi connectivity index (χ4v) is 4.16. The lowest BCUT2D eigenvalue weighted by atomic mass is 9.78. The Morgan fingerprint density at radius 3 is 2.78 bits per heavy atom. The van der Waals surface area contributed by atoms with Crippen molar-refractivity contribution in [2.24, 2.45) is 5.41 Å². The quantitative estimate of drug-likeness (QED) is 0.829. The minimum atomic E-state index is -0.914. The van der Waals surface area contributed by atoms with Crippen LogP contribution >= 0.6 is 0 Å². The number of furan rings is 1. The van der Waals surface area contributed by atoms with Gasteiger partial charge in [-0.3, -0.25) is 9.59 Å². The Kier molecular flexibility index (Phi) is 4.45. The molecule has 0 aliphatic carbocycles. The number of halogens is 2. The van der Waals surface area contributed by atoms with Crippen molar-refractivity contribution in [3.05, 3.63) is 59.6 Å². The Morgan fingerprint density at radius 2 is 2.00 bits per heavy atom. The number of benzene rings is 1. The van der Waals surface area contributed by atoms with Crippen LogP contribution in [0.3, 0.4) is 0 Å². The molecule has 4 rings (SSSR count). The van der Waals surface area contributed by atoms with E-state index >= 15 is 0 Å². The van der Waals surface area contributed by atoms with E-state index < -0.39 is 17.0 Å². The molecular weight excluding hydrogens is 354 g/mol. The first-order valence-electron chi connectivity index (χ1n) is 9.05. The SMILES string of the molecule is O=C(c1ccco1)N1CC[C@]2(CCCN(Cc3cccc(F)c3F)C2=O)C1. The summed E-state index contributed by atoms with van der Waals surface area (Å²) in [4.78, 5) is 28.9. The molecule has 0 bridgehead atoms. The maximum atomic E-state index is 14.0. The fourth-order valence-electron chi connectivity index (χ4n) is 4.16. The predicted octanol–water partition coefficient (Wildman–Crippen LogP) is 3.21. The minimum absolute atomic E-state index is 0.0380. The van der Waals surface area contributed by atoms with Gasteiger partial charge in [-0.15, -0.1) is 0 Å². The lowest BCUT2D eigenvalue weighted by molar-refractivity contribution is -0.146. The van der Waals surface area contributed by atoms with Gasteiger partial charge in [-0.1, -0.05) is 12.1 Å². The van der Waals surface area contributed by atoms with E-state index in [1.807, 2.05) is 0 Å². The summed E-state index contributed by atoms with van der Waals surface area (Å²) in [6.45, 7) is 1.35. The van der Waals surface area contributed by atoms with E-state index in [1.165, 1.54) is 18.4 Å². The lowest BCUT2D eigenvalue weighted by Crippen LogP contribution is -2.50. The van der Waals surface area contributed by atoms with E-state index in [1.54, 1.807) is 21.9 Å². The van der Waals surface area contributed by atoms with Gasteiger partial charge in [-0.25, -0.2) is 8.78 Å². The molecule has 27 heavy (non-hydrogen) atoms. The zero-order valence-corrected chi connectivity index (χ0v) is 14.8. The molecular formula is C20H20F2N2O3. The second kappa shape index (κ2) is 6.79. The summed E-state index contributed by atoms with van der Waals surface area (Å²) in [6, 6.07) is 7.26. The first kappa shape index (κ1) is 17.7. The molecule has 2 aliphatic rings. The number of nitrogens with zero attached hydrogens (tertiary/aromatic N) is 2. The van der Waals surface area contributed by atoms with Crippen molar-refractivity contribution in [3.8, 4) is 0 Å². The molecule has 1 spiro atoms. The number of likely N-dealkylation sites (tertiary alicyclic amines) is 2. The summed E-state index contributed by atoms with van der Waals surface area (Å²) in [5, 5.41) is 0. The van der Waals surface area contributed by atoms with Crippen molar-refractivity contribution in [2.75, 3.05) is 19.6 Å². The highest BCUT2D eigenvalue weighted by Gasteiger charge is 2.49. The third kappa shape index (κ3) is 3.11. The van der Waals surface area contributed by atoms with E-state index in [9.17, 15) is 18.4 Å². The van der Waals surface area contributed by atoms with Gasteiger partial charge in [0.25, 0.3) is 5.91 Å². The van der Waals surface area contributed by atoms with Crippen molar-refractivity contribution >= 4 is 11.8 Å². The van der Waals surface area contributed by atoms with Gasteiger partial charge in [-0.05, 0) is 37.5 Å². The molecule has 0 unspecified atom stereocenters. The van der Waals surface area contributed by atoms with E-state index in [4.69, 9.17) is 4.42 Å². The van der Waals surface area contributed by atoms with Crippen molar-refractivity contribution in [1.82, 2.24) is 9.80 Å². The molecule has 0 radical (unpaired) electrons. The summed E-state index contributed by atoms with van der Waals surface area (Å²) in [6.07, 6.45) is 3.47. The Labute approximate surface area is 155 Å². The summed E-state index contributed by atoms with van der Waals surface area (Å²) in [5.41, 5.74) is -0.480. The van der Waals surface area contributed by atoms with Gasteiger partial charge in [0.2, 0.25) is 5.91 Å². The first-order chi connectivity index (χ1) is 13.0. The molecule has 3 heterocycles. The number of piperidine rings is 1. The third-order valence-corrected chi connectivity index (χ3v) is 5.59. The average Bonchev–Trinajstić information content (AvgIpc) is 3.33. The Morgan fingerprint density at radius 1 is 1.15 bits per heavy atom. The van der Waals surface area contributed by atoms with Crippen molar-refractivity contribution in [1.29, 1.82) is 0 Å². The summed E-state index contributed by atoms with van der Waals surface area (Å²) >= 11 is 0. The molecule has 5 nitrogen and oxygen atoms in total. The molecule has 1 aromatic heterocycles. The smallest absolute Gasteiger partial charge is 0.289 e. The number of carbonyl (C=O) groups excluding carboxylic acids is 2. The van der Waals surface area contributed by atoms with Gasteiger partial charge in [0.05, 0.1) is 11.7 Å². The number of amides is 2. The minimum Gasteiger partial charge on any atom is -0.459 e. The molecule has 0 saturated carbocycles. The molecule has 0 N–H and O–H groups in total. The maximum absolute atomic E-state index is 14.0. The zero-order valence-electron chi connectivity index (χ0n) is 14.8.